The van der Waals surface area contributed by atoms with Gasteiger partial charge in [-0.1, -0.05) is 142 Å². The number of esters is 2. The minimum absolute atomic E-state index is 0.343. The van der Waals surface area contributed by atoms with E-state index in [0.717, 1.165) is 32.1 Å². The van der Waals surface area contributed by atoms with Crippen LogP contribution in [0.5, 0.6) is 0 Å². The van der Waals surface area contributed by atoms with Gasteiger partial charge in [-0.05, 0) is 32.1 Å². The van der Waals surface area contributed by atoms with Crippen LogP contribution in [0.15, 0.2) is 0 Å². The standard InChI is InChI=1S/C32H60O4/c1-3-5-7-9-11-13-15-17-19-21-23-28-35-30(33)32(26-25-27-32)31(34)36-29-24-22-20-18-16-14-12-10-8-6-4-2/h3-29H2,1-2H3. The van der Waals surface area contributed by atoms with Gasteiger partial charge in [-0.3, -0.25) is 9.59 Å². The zero-order valence-electron chi connectivity index (χ0n) is 24.2. The number of hydrogen-bond donors (Lipinski definition) is 0. The number of carbonyl (C=O) groups excluding carboxylic acids is 2. The molecule has 1 rings (SSSR count). The zero-order valence-corrected chi connectivity index (χ0v) is 24.2. The molecule has 0 radical (unpaired) electrons. The van der Waals surface area contributed by atoms with Crippen molar-refractivity contribution >= 4 is 11.9 Å². The van der Waals surface area contributed by atoms with Crippen molar-refractivity contribution in [2.24, 2.45) is 5.41 Å². The fraction of sp³-hybridized carbons (Fsp3) is 0.938. The summed E-state index contributed by atoms with van der Waals surface area (Å²) in [5.41, 5.74) is -1.00. The number of hydrogen-bond acceptors (Lipinski definition) is 4. The van der Waals surface area contributed by atoms with E-state index >= 15 is 0 Å². The van der Waals surface area contributed by atoms with E-state index in [4.69, 9.17) is 9.47 Å². The molecule has 1 aliphatic carbocycles. The van der Waals surface area contributed by atoms with Gasteiger partial charge in [-0.15, -0.1) is 0 Å². The van der Waals surface area contributed by atoms with Crippen LogP contribution in [0, 0.1) is 5.41 Å². The lowest BCUT2D eigenvalue weighted by Gasteiger charge is -2.36. The highest BCUT2D eigenvalue weighted by Crippen LogP contribution is 2.43. The second-order valence-electron chi connectivity index (χ2n) is 11.3. The van der Waals surface area contributed by atoms with E-state index in [-0.39, 0.29) is 11.9 Å². The second-order valence-corrected chi connectivity index (χ2v) is 11.3. The summed E-state index contributed by atoms with van der Waals surface area (Å²) in [6.45, 7) is 5.39. The van der Waals surface area contributed by atoms with Crippen LogP contribution in [0.2, 0.25) is 0 Å². The summed E-state index contributed by atoms with van der Waals surface area (Å²) in [4.78, 5) is 25.3. The highest BCUT2D eigenvalue weighted by atomic mass is 16.6. The molecule has 0 saturated heterocycles. The van der Waals surface area contributed by atoms with Gasteiger partial charge >= 0.3 is 11.9 Å². The SMILES string of the molecule is CCCCCCCCCCCCCOC(=O)C1(C(=O)OCCCCCCCCCCCCC)CCC1. The van der Waals surface area contributed by atoms with Crippen molar-refractivity contribution in [1.29, 1.82) is 0 Å². The molecule has 1 saturated carbocycles. The van der Waals surface area contributed by atoms with Crippen molar-refractivity contribution in [3.63, 3.8) is 0 Å². The molecule has 36 heavy (non-hydrogen) atoms. The van der Waals surface area contributed by atoms with E-state index in [1.165, 1.54) is 116 Å². The molecule has 0 unspecified atom stereocenters. The maximum atomic E-state index is 12.7. The van der Waals surface area contributed by atoms with Crippen LogP contribution >= 0.6 is 0 Å². The Hall–Kier alpha value is -1.06. The minimum atomic E-state index is -1.00. The molecule has 0 aliphatic heterocycles. The summed E-state index contributed by atoms with van der Waals surface area (Å²) in [5.74, 6) is -0.686. The molecule has 0 amide bonds. The largest absolute Gasteiger partial charge is 0.465 e. The second kappa shape index (κ2) is 23.1. The first-order valence-electron chi connectivity index (χ1n) is 16.0. The first-order chi connectivity index (χ1) is 17.7. The van der Waals surface area contributed by atoms with Gasteiger partial charge in [0.25, 0.3) is 0 Å². The van der Waals surface area contributed by atoms with Crippen LogP contribution < -0.4 is 0 Å². The monoisotopic (exact) mass is 508 g/mol. The topological polar surface area (TPSA) is 52.6 Å². The molecule has 1 fully saturated rings. The van der Waals surface area contributed by atoms with Crippen LogP contribution in [0.3, 0.4) is 0 Å². The van der Waals surface area contributed by atoms with Crippen LogP contribution in [-0.4, -0.2) is 25.2 Å². The van der Waals surface area contributed by atoms with Crippen molar-refractivity contribution < 1.29 is 19.1 Å². The summed E-state index contributed by atoms with van der Waals surface area (Å²) in [7, 11) is 0. The van der Waals surface area contributed by atoms with Gasteiger partial charge in [0.1, 0.15) is 0 Å². The highest BCUT2D eigenvalue weighted by Gasteiger charge is 2.53. The first kappa shape index (κ1) is 33.0. The summed E-state index contributed by atoms with van der Waals surface area (Å²) < 4.78 is 11.1. The van der Waals surface area contributed by atoms with E-state index in [1.54, 1.807) is 0 Å². The van der Waals surface area contributed by atoms with Gasteiger partial charge in [0.05, 0.1) is 13.2 Å². The lowest BCUT2D eigenvalue weighted by atomic mass is 9.69. The lowest BCUT2D eigenvalue weighted by molar-refractivity contribution is -0.179. The Balaban J connectivity index is 2.00. The summed E-state index contributed by atoms with van der Waals surface area (Å²) >= 11 is 0. The molecule has 4 heteroatoms. The average molecular weight is 509 g/mol. The molecule has 0 aromatic carbocycles. The molecular formula is C32H60O4. The van der Waals surface area contributed by atoms with E-state index in [2.05, 4.69) is 13.8 Å². The minimum Gasteiger partial charge on any atom is -0.465 e. The quantitative estimate of drug-likeness (QED) is 0.0662. The number of unbranched alkanes of at least 4 members (excludes halogenated alkanes) is 20. The predicted molar refractivity (Wildman–Crippen MR) is 151 cm³/mol. The maximum Gasteiger partial charge on any atom is 0.323 e. The van der Waals surface area contributed by atoms with E-state index < -0.39 is 5.41 Å². The van der Waals surface area contributed by atoms with Gasteiger partial charge in [-0.25, -0.2) is 0 Å². The van der Waals surface area contributed by atoms with Crippen LogP contribution in [0.25, 0.3) is 0 Å². The fourth-order valence-electron chi connectivity index (χ4n) is 5.16. The normalized spacial score (nSPS) is 14.4. The molecule has 0 spiro atoms. The smallest absolute Gasteiger partial charge is 0.323 e. The van der Waals surface area contributed by atoms with Crippen molar-refractivity contribution in [3.05, 3.63) is 0 Å². The van der Waals surface area contributed by atoms with Gasteiger partial charge in [0, 0.05) is 0 Å². The Morgan fingerprint density at radius 2 is 0.750 bits per heavy atom. The molecule has 0 N–H and O–H groups in total. The number of rotatable bonds is 26. The summed E-state index contributed by atoms with van der Waals surface area (Å²) in [6.07, 6.45) is 30.0. The van der Waals surface area contributed by atoms with Crippen molar-refractivity contribution in [3.8, 4) is 0 Å². The molecule has 4 nitrogen and oxygen atoms in total. The lowest BCUT2D eigenvalue weighted by Crippen LogP contribution is -2.47. The van der Waals surface area contributed by atoms with E-state index in [1.807, 2.05) is 0 Å². The molecule has 0 aromatic heterocycles. The molecule has 0 aromatic rings. The molecule has 1 aliphatic rings. The Morgan fingerprint density at radius 1 is 0.472 bits per heavy atom. The summed E-state index contributed by atoms with van der Waals surface area (Å²) in [6, 6.07) is 0. The van der Waals surface area contributed by atoms with Gasteiger partial charge in [0.2, 0.25) is 0 Å². The molecule has 0 heterocycles. The average Bonchev–Trinajstić information content (AvgIpc) is 2.84. The third-order valence-corrected chi connectivity index (χ3v) is 7.95. The third kappa shape index (κ3) is 15.3. The Morgan fingerprint density at radius 3 is 1.00 bits per heavy atom. The number of carbonyl (C=O) groups is 2. The Labute approximate surface area is 224 Å². The van der Waals surface area contributed by atoms with Crippen molar-refractivity contribution in [2.45, 2.75) is 174 Å². The van der Waals surface area contributed by atoms with Crippen molar-refractivity contribution in [1.82, 2.24) is 0 Å². The molecule has 0 bridgehead atoms. The van der Waals surface area contributed by atoms with Crippen LogP contribution in [-0.2, 0) is 19.1 Å². The highest BCUT2D eigenvalue weighted by molar-refractivity contribution is 6.01. The zero-order chi connectivity index (χ0) is 26.2. The van der Waals surface area contributed by atoms with E-state index in [9.17, 15) is 9.59 Å². The Kier molecular flexibility index (Phi) is 21.1. The molecule has 0 atom stereocenters. The first-order valence-corrected chi connectivity index (χ1v) is 16.0. The molecule has 212 valence electrons. The van der Waals surface area contributed by atoms with Crippen LogP contribution in [0.1, 0.15) is 174 Å². The Bertz CT molecular complexity index is 484. The maximum absolute atomic E-state index is 12.7. The molecular weight excluding hydrogens is 448 g/mol. The summed E-state index contributed by atoms with van der Waals surface area (Å²) in [5, 5.41) is 0. The number of ether oxygens (including phenoxy) is 2. The predicted octanol–water partition coefficient (Wildman–Crippen LogP) is 9.87. The fourth-order valence-corrected chi connectivity index (χ4v) is 5.16. The van der Waals surface area contributed by atoms with Gasteiger partial charge in [-0.2, -0.15) is 0 Å². The van der Waals surface area contributed by atoms with Gasteiger partial charge < -0.3 is 9.47 Å². The van der Waals surface area contributed by atoms with E-state index in [0.29, 0.717) is 26.1 Å². The van der Waals surface area contributed by atoms with Gasteiger partial charge in [0.15, 0.2) is 5.41 Å². The van der Waals surface area contributed by atoms with Crippen molar-refractivity contribution in [2.75, 3.05) is 13.2 Å². The third-order valence-electron chi connectivity index (χ3n) is 7.95. The van der Waals surface area contributed by atoms with Crippen LogP contribution in [0.4, 0.5) is 0 Å².